The number of pyridine rings is 1. The van der Waals surface area contributed by atoms with Crippen molar-refractivity contribution in [1.82, 2.24) is 10.3 Å². The van der Waals surface area contributed by atoms with E-state index in [1.807, 2.05) is 19.2 Å². The highest BCUT2D eigenvalue weighted by atomic mass is 19.1. The fraction of sp³-hybridized carbons (Fsp3) is 0.368. The summed E-state index contributed by atoms with van der Waals surface area (Å²) in [6.45, 7) is 4.35. The second kappa shape index (κ2) is 7.43. The smallest absolute Gasteiger partial charge is 0.219 e. The number of aromatic nitrogens is 1. The molecule has 5 heteroatoms. The van der Waals surface area contributed by atoms with Crippen LogP contribution < -0.4 is 10.2 Å². The van der Waals surface area contributed by atoms with Crippen LogP contribution in [0.5, 0.6) is 0 Å². The van der Waals surface area contributed by atoms with E-state index in [1.54, 1.807) is 12.1 Å². The van der Waals surface area contributed by atoms with Crippen LogP contribution in [0.25, 0.3) is 11.3 Å². The van der Waals surface area contributed by atoms with E-state index in [4.69, 9.17) is 0 Å². The van der Waals surface area contributed by atoms with Crippen molar-refractivity contribution in [3.8, 4) is 11.3 Å². The van der Waals surface area contributed by atoms with Crippen LogP contribution in [0, 0.1) is 5.82 Å². The molecule has 2 aromatic rings. The lowest BCUT2D eigenvalue weighted by Crippen LogP contribution is -2.25. The van der Waals surface area contributed by atoms with E-state index in [-0.39, 0.29) is 11.7 Å². The molecule has 126 valence electrons. The van der Waals surface area contributed by atoms with Gasteiger partial charge in [-0.05, 0) is 43.2 Å². The lowest BCUT2D eigenvalue weighted by molar-refractivity contribution is -0.120. The Balaban J connectivity index is 1.91. The van der Waals surface area contributed by atoms with Crippen LogP contribution in [-0.4, -0.2) is 24.0 Å². The third-order valence-electron chi connectivity index (χ3n) is 4.35. The van der Waals surface area contributed by atoms with Crippen molar-refractivity contribution >= 4 is 11.6 Å². The van der Waals surface area contributed by atoms with Gasteiger partial charge in [0.15, 0.2) is 0 Å². The van der Waals surface area contributed by atoms with Crippen LogP contribution in [0.15, 0.2) is 36.5 Å². The van der Waals surface area contributed by atoms with Crippen molar-refractivity contribution in [2.45, 2.75) is 32.7 Å². The fourth-order valence-corrected chi connectivity index (χ4v) is 2.96. The molecule has 2 heterocycles. The lowest BCUT2D eigenvalue weighted by atomic mass is 10.1. The highest BCUT2D eigenvalue weighted by molar-refractivity contribution is 5.76. The van der Waals surface area contributed by atoms with Crippen LogP contribution in [0.1, 0.15) is 31.7 Å². The average Bonchev–Trinajstić information content (AvgIpc) is 3.14. The summed E-state index contributed by atoms with van der Waals surface area (Å²) in [5, 5.41) is 2.92. The molecule has 1 amide bonds. The first kappa shape index (κ1) is 16.4. The largest absolute Gasteiger partial charge is 0.371 e. The number of amides is 1. The number of hydrogen-bond acceptors (Lipinski definition) is 3. The monoisotopic (exact) mass is 327 g/mol. The minimum atomic E-state index is -0.252. The average molecular weight is 327 g/mol. The second-order valence-electron chi connectivity index (χ2n) is 6.03. The molecule has 1 aromatic heterocycles. The molecule has 1 fully saturated rings. The second-order valence-corrected chi connectivity index (χ2v) is 6.03. The molecule has 24 heavy (non-hydrogen) atoms. The number of benzene rings is 1. The molecule has 0 atom stereocenters. The maximum Gasteiger partial charge on any atom is 0.219 e. The van der Waals surface area contributed by atoms with Gasteiger partial charge in [0.25, 0.3) is 0 Å². The van der Waals surface area contributed by atoms with Gasteiger partial charge in [0.2, 0.25) is 5.91 Å². The van der Waals surface area contributed by atoms with Gasteiger partial charge in [0.05, 0.1) is 5.69 Å². The quantitative estimate of drug-likeness (QED) is 0.914. The number of rotatable bonds is 5. The summed E-state index contributed by atoms with van der Waals surface area (Å²) in [4.78, 5) is 18.4. The Hall–Kier alpha value is -2.43. The van der Waals surface area contributed by atoms with Crippen molar-refractivity contribution < 1.29 is 9.18 Å². The van der Waals surface area contributed by atoms with Crippen molar-refractivity contribution in [2.24, 2.45) is 0 Å². The standard InChI is InChI=1S/C19H22FN3O/c1-2-19(24)22-13-15-12-21-17(14-5-7-16(20)8-6-14)11-18(15)23-9-3-4-10-23/h5-8,11-12H,2-4,9-10,13H2,1H3,(H,22,24). The van der Waals surface area contributed by atoms with Crippen molar-refractivity contribution in [1.29, 1.82) is 0 Å². The van der Waals surface area contributed by atoms with Gasteiger partial charge < -0.3 is 10.2 Å². The Labute approximate surface area is 141 Å². The van der Waals surface area contributed by atoms with Crippen molar-refractivity contribution in [3.05, 3.63) is 47.9 Å². The molecule has 0 aliphatic carbocycles. The predicted molar refractivity (Wildman–Crippen MR) is 93.2 cm³/mol. The maximum atomic E-state index is 13.1. The molecule has 0 bridgehead atoms. The predicted octanol–water partition coefficient (Wildman–Crippen LogP) is 3.51. The Morgan fingerprint density at radius 1 is 1.25 bits per heavy atom. The minimum Gasteiger partial charge on any atom is -0.371 e. The molecule has 1 aliphatic rings. The third kappa shape index (κ3) is 3.72. The Bertz CT molecular complexity index is 709. The van der Waals surface area contributed by atoms with Gasteiger partial charge in [-0.1, -0.05) is 6.92 Å². The number of halogens is 1. The number of nitrogens with zero attached hydrogens (tertiary/aromatic N) is 2. The van der Waals surface area contributed by atoms with E-state index in [2.05, 4.69) is 15.2 Å². The molecule has 1 aliphatic heterocycles. The normalized spacial score (nSPS) is 14.0. The molecule has 3 rings (SSSR count). The Morgan fingerprint density at radius 3 is 2.62 bits per heavy atom. The van der Waals surface area contributed by atoms with Crippen LogP contribution in [0.4, 0.5) is 10.1 Å². The van der Waals surface area contributed by atoms with E-state index >= 15 is 0 Å². The molecule has 0 unspecified atom stereocenters. The number of carbonyl (C=O) groups is 1. The lowest BCUT2D eigenvalue weighted by Gasteiger charge is -2.22. The molecule has 4 nitrogen and oxygen atoms in total. The number of carbonyl (C=O) groups excluding carboxylic acids is 1. The molecular weight excluding hydrogens is 305 g/mol. The topological polar surface area (TPSA) is 45.2 Å². The van der Waals surface area contributed by atoms with Gasteiger partial charge in [-0.2, -0.15) is 0 Å². The van der Waals surface area contributed by atoms with Gasteiger partial charge in [-0.25, -0.2) is 4.39 Å². The van der Waals surface area contributed by atoms with E-state index in [9.17, 15) is 9.18 Å². The molecule has 0 spiro atoms. The summed E-state index contributed by atoms with van der Waals surface area (Å²) in [5.41, 5.74) is 3.84. The first-order valence-electron chi connectivity index (χ1n) is 8.44. The zero-order valence-corrected chi connectivity index (χ0v) is 13.9. The maximum absolute atomic E-state index is 13.1. The van der Waals surface area contributed by atoms with E-state index in [0.29, 0.717) is 13.0 Å². The summed E-state index contributed by atoms with van der Waals surface area (Å²) in [6, 6.07) is 8.42. The van der Waals surface area contributed by atoms with Crippen LogP contribution in [0.3, 0.4) is 0 Å². The molecule has 1 saturated heterocycles. The Kier molecular flexibility index (Phi) is 5.08. The van der Waals surface area contributed by atoms with Gasteiger partial charge in [-0.15, -0.1) is 0 Å². The molecule has 1 aromatic carbocycles. The summed E-state index contributed by atoms with van der Waals surface area (Å²) < 4.78 is 13.1. The summed E-state index contributed by atoms with van der Waals surface area (Å²) >= 11 is 0. The van der Waals surface area contributed by atoms with Gasteiger partial charge in [-0.3, -0.25) is 9.78 Å². The van der Waals surface area contributed by atoms with Crippen LogP contribution in [-0.2, 0) is 11.3 Å². The highest BCUT2D eigenvalue weighted by Crippen LogP contribution is 2.29. The first-order chi connectivity index (χ1) is 11.7. The number of nitrogens with one attached hydrogen (secondary N) is 1. The van der Waals surface area contributed by atoms with Gasteiger partial charge >= 0.3 is 0 Å². The minimum absolute atomic E-state index is 0.0324. The van der Waals surface area contributed by atoms with Gasteiger partial charge in [0.1, 0.15) is 5.82 Å². The van der Waals surface area contributed by atoms with E-state index in [0.717, 1.165) is 35.6 Å². The molecule has 1 N–H and O–H groups in total. The highest BCUT2D eigenvalue weighted by Gasteiger charge is 2.17. The zero-order valence-electron chi connectivity index (χ0n) is 13.9. The summed E-state index contributed by atoms with van der Waals surface area (Å²) in [5.74, 6) is -0.220. The van der Waals surface area contributed by atoms with Crippen LogP contribution in [0.2, 0.25) is 0 Å². The fourth-order valence-electron chi connectivity index (χ4n) is 2.96. The van der Waals surface area contributed by atoms with Crippen molar-refractivity contribution in [2.75, 3.05) is 18.0 Å². The Morgan fingerprint density at radius 2 is 1.96 bits per heavy atom. The molecule has 0 radical (unpaired) electrons. The van der Waals surface area contributed by atoms with Crippen LogP contribution >= 0.6 is 0 Å². The first-order valence-corrected chi connectivity index (χ1v) is 8.44. The number of hydrogen-bond donors (Lipinski definition) is 1. The van der Waals surface area contributed by atoms with E-state index in [1.165, 1.54) is 25.0 Å². The molecular formula is C19H22FN3O. The zero-order chi connectivity index (χ0) is 16.9. The van der Waals surface area contributed by atoms with E-state index < -0.39 is 0 Å². The van der Waals surface area contributed by atoms with Gasteiger partial charge in [0, 0.05) is 49.1 Å². The SMILES string of the molecule is CCC(=O)NCc1cnc(-c2ccc(F)cc2)cc1N1CCCC1. The molecule has 0 saturated carbocycles. The summed E-state index contributed by atoms with van der Waals surface area (Å²) in [6.07, 6.45) is 4.65. The summed E-state index contributed by atoms with van der Waals surface area (Å²) in [7, 11) is 0. The number of anilines is 1. The van der Waals surface area contributed by atoms with Crippen molar-refractivity contribution in [3.63, 3.8) is 0 Å². The third-order valence-corrected chi connectivity index (χ3v) is 4.35.